The summed E-state index contributed by atoms with van der Waals surface area (Å²) in [5.74, 6) is 0.495. The van der Waals surface area contributed by atoms with Crippen LogP contribution in [0.5, 0.6) is 0 Å². The van der Waals surface area contributed by atoms with Crippen LogP contribution in [0.3, 0.4) is 0 Å². The maximum Gasteiger partial charge on any atom is 0.234 e. The van der Waals surface area contributed by atoms with E-state index in [-0.39, 0.29) is 5.91 Å². The molecule has 0 heterocycles. The minimum Gasteiger partial charge on any atom is -0.325 e. The van der Waals surface area contributed by atoms with Crippen molar-refractivity contribution in [2.75, 3.05) is 11.1 Å². The lowest BCUT2D eigenvalue weighted by Gasteiger charge is -2.06. The molecule has 3 rings (SSSR count). The van der Waals surface area contributed by atoms with Gasteiger partial charge in [-0.15, -0.1) is 11.8 Å². The van der Waals surface area contributed by atoms with Gasteiger partial charge < -0.3 is 5.32 Å². The second-order valence-electron chi connectivity index (χ2n) is 4.99. The molecule has 1 aliphatic carbocycles. The van der Waals surface area contributed by atoms with Gasteiger partial charge in [-0.05, 0) is 54.7 Å². The van der Waals surface area contributed by atoms with Crippen molar-refractivity contribution in [3.63, 3.8) is 0 Å². The van der Waals surface area contributed by atoms with Gasteiger partial charge in [0.25, 0.3) is 0 Å². The summed E-state index contributed by atoms with van der Waals surface area (Å²) in [4.78, 5) is 13.1. The molecule has 2 aromatic carbocycles. The third-order valence-electron chi connectivity index (χ3n) is 3.50. The Hall–Kier alpha value is -1.74. The van der Waals surface area contributed by atoms with Gasteiger partial charge in [0.15, 0.2) is 0 Å². The summed E-state index contributed by atoms with van der Waals surface area (Å²) in [6.07, 6.45) is 3.65. The van der Waals surface area contributed by atoms with Crippen molar-refractivity contribution in [3.05, 3.63) is 59.7 Å². The Balaban J connectivity index is 1.55. The van der Waals surface area contributed by atoms with Crippen LogP contribution in [0.25, 0.3) is 0 Å². The fourth-order valence-electron chi connectivity index (χ4n) is 2.51. The molecule has 1 N–H and O–H groups in total. The SMILES string of the molecule is O=C(CSc1ccc2c(c1)CCC2)Nc1ccccc1. The van der Waals surface area contributed by atoms with E-state index in [4.69, 9.17) is 0 Å². The maximum atomic E-state index is 11.9. The Morgan fingerprint density at radius 1 is 1.05 bits per heavy atom. The molecule has 0 spiro atoms. The normalized spacial score (nSPS) is 13.0. The van der Waals surface area contributed by atoms with Crippen molar-refractivity contribution < 1.29 is 4.79 Å². The first-order valence-corrected chi connectivity index (χ1v) is 7.89. The molecule has 102 valence electrons. The molecule has 0 aromatic heterocycles. The monoisotopic (exact) mass is 283 g/mol. The van der Waals surface area contributed by atoms with Crippen molar-refractivity contribution in [3.8, 4) is 0 Å². The van der Waals surface area contributed by atoms with E-state index in [9.17, 15) is 4.79 Å². The lowest BCUT2D eigenvalue weighted by Crippen LogP contribution is -2.13. The quantitative estimate of drug-likeness (QED) is 0.862. The van der Waals surface area contributed by atoms with Crippen LogP contribution >= 0.6 is 11.8 Å². The van der Waals surface area contributed by atoms with E-state index >= 15 is 0 Å². The van der Waals surface area contributed by atoms with Crippen LogP contribution in [0.1, 0.15) is 17.5 Å². The fourth-order valence-corrected chi connectivity index (χ4v) is 3.27. The maximum absolute atomic E-state index is 11.9. The molecule has 20 heavy (non-hydrogen) atoms. The van der Waals surface area contributed by atoms with E-state index in [2.05, 4.69) is 23.5 Å². The first-order valence-electron chi connectivity index (χ1n) is 6.91. The summed E-state index contributed by atoms with van der Waals surface area (Å²) in [5, 5.41) is 2.90. The van der Waals surface area contributed by atoms with Crippen LogP contribution in [0.15, 0.2) is 53.4 Å². The Labute approximate surface area is 123 Å². The Morgan fingerprint density at radius 3 is 2.70 bits per heavy atom. The predicted molar refractivity (Wildman–Crippen MR) is 84.3 cm³/mol. The van der Waals surface area contributed by atoms with E-state index < -0.39 is 0 Å². The fraction of sp³-hybridized carbons (Fsp3) is 0.235. The minimum absolute atomic E-state index is 0.0432. The molecule has 2 aromatic rings. The van der Waals surface area contributed by atoms with Crippen LogP contribution < -0.4 is 5.32 Å². The van der Waals surface area contributed by atoms with Crippen LogP contribution in [0.4, 0.5) is 5.69 Å². The summed E-state index contributed by atoms with van der Waals surface area (Å²) in [6, 6.07) is 16.2. The van der Waals surface area contributed by atoms with Crippen LogP contribution in [-0.2, 0) is 17.6 Å². The van der Waals surface area contributed by atoms with E-state index in [0.29, 0.717) is 5.75 Å². The molecule has 0 fully saturated rings. The average molecular weight is 283 g/mol. The van der Waals surface area contributed by atoms with Gasteiger partial charge in [0.2, 0.25) is 5.91 Å². The Kier molecular flexibility index (Phi) is 4.07. The molecule has 0 unspecified atom stereocenters. The number of hydrogen-bond donors (Lipinski definition) is 1. The molecule has 2 nitrogen and oxygen atoms in total. The Morgan fingerprint density at radius 2 is 1.85 bits per heavy atom. The summed E-state index contributed by atoms with van der Waals surface area (Å²) >= 11 is 1.60. The number of hydrogen-bond acceptors (Lipinski definition) is 2. The average Bonchev–Trinajstić information content (AvgIpc) is 2.93. The summed E-state index contributed by atoms with van der Waals surface area (Å²) < 4.78 is 0. The summed E-state index contributed by atoms with van der Waals surface area (Å²) in [7, 11) is 0. The predicted octanol–water partition coefficient (Wildman–Crippen LogP) is 3.91. The number of nitrogens with one attached hydrogen (secondary N) is 1. The molecule has 0 saturated carbocycles. The lowest BCUT2D eigenvalue weighted by atomic mass is 10.1. The number of carbonyl (C=O) groups is 1. The molecule has 1 amide bonds. The zero-order valence-corrected chi connectivity index (χ0v) is 12.1. The summed E-state index contributed by atoms with van der Waals surface area (Å²) in [5.41, 5.74) is 3.79. The molecule has 0 radical (unpaired) electrons. The van der Waals surface area contributed by atoms with Crippen LogP contribution in [-0.4, -0.2) is 11.7 Å². The molecule has 0 aliphatic heterocycles. The van der Waals surface area contributed by atoms with Gasteiger partial charge in [-0.3, -0.25) is 4.79 Å². The molecule has 0 atom stereocenters. The van der Waals surface area contributed by atoms with Gasteiger partial charge in [0.1, 0.15) is 0 Å². The van der Waals surface area contributed by atoms with Crippen molar-refractivity contribution in [2.45, 2.75) is 24.2 Å². The zero-order chi connectivity index (χ0) is 13.8. The highest BCUT2D eigenvalue weighted by Gasteiger charge is 2.11. The number of fused-ring (bicyclic) bond motifs is 1. The van der Waals surface area contributed by atoms with E-state index in [1.807, 2.05) is 30.3 Å². The number of benzene rings is 2. The standard InChI is InChI=1S/C17H17NOS/c19-17(18-15-7-2-1-3-8-15)12-20-16-10-9-13-5-4-6-14(13)11-16/h1-3,7-11H,4-6,12H2,(H,18,19). The topological polar surface area (TPSA) is 29.1 Å². The van der Waals surface area contributed by atoms with Crippen molar-refractivity contribution in [1.29, 1.82) is 0 Å². The second kappa shape index (κ2) is 6.14. The highest BCUT2D eigenvalue weighted by molar-refractivity contribution is 8.00. The number of anilines is 1. The molecule has 1 aliphatic rings. The van der Waals surface area contributed by atoms with Gasteiger partial charge in [-0.25, -0.2) is 0 Å². The van der Waals surface area contributed by atoms with Crippen molar-refractivity contribution in [1.82, 2.24) is 0 Å². The molecule has 0 saturated heterocycles. The number of thioether (sulfide) groups is 1. The Bertz CT molecular complexity index is 610. The largest absolute Gasteiger partial charge is 0.325 e. The minimum atomic E-state index is 0.0432. The molecule has 3 heteroatoms. The van der Waals surface area contributed by atoms with Gasteiger partial charge in [0, 0.05) is 10.6 Å². The summed E-state index contributed by atoms with van der Waals surface area (Å²) in [6.45, 7) is 0. The number of rotatable bonds is 4. The van der Waals surface area contributed by atoms with E-state index in [1.165, 1.54) is 35.3 Å². The number of aryl methyl sites for hydroxylation is 2. The van der Waals surface area contributed by atoms with E-state index in [1.54, 1.807) is 11.8 Å². The number of carbonyl (C=O) groups excluding carboxylic acids is 1. The molecular weight excluding hydrogens is 266 g/mol. The zero-order valence-electron chi connectivity index (χ0n) is 11.3. The van der Waals surface area contributed by atoms with Crippen LogP contribution in [0, 0.1) is 0 Å². The highest BCUT2D eigenvalue weighted by Crippen LogP contribution is 2.27. The van der Waals surface area contributed by atoms with Crippen molar-refractivity contribution >= 4 is 23.4 Å². The van der Waals surface area contributed by atoms with Crippen LogP contribution in [0.2, 0.25) is 0 Å². The first-order chi connectivity index (χ1) is 9.81. The third kappa shape index (κ3) is 3.23. The molecule has 0 bridgehead atoms. The van der Waals surface area contributed by atoms with E-state index in [0.717, 1.165) is 5.69 Å². The first kappa shape index (κ1) is 13.3. The second-order valence-corrected chi connectivity index (χ2v) is 6.04. The molecular formula is C17H17NOS. The van der Waals surface area contributed by atoms with Gasteiger partial charge >= 0.3 is 0 Å². The van der Waals surface area contributed by atoms with Crippen molar-refractivity contribution in [2.24, 2.45) is 0 Å². The lowest BCUT2D eigenvalue weighted by molar-refractivity contribution is -0.113. The highest BCUT2D eigenvalue weighted by atomic mass is 32.2. The number of amides is 1. The van der Waals surface area contributed by atoms with Gasteiger partial charge in [-0.1, -0.05) is 24.3 Å². The smallest absolute Gasteiger partial charge is 0.234 e. The van der Waals surface area contributed by atoms with Gasteiger partial charge in [0.05, 0.1) is 5.75 Å². The van der Waals surface area contributed by atoms with Gasteiger partial charge in [-0.2, -0.15) is 0 Å². The third-order valence-corrected chi connectivity index (χ3v) is 4.49. The number of para-hydroxylation sites is 1.